The molecule has 3 nitrogen and oxygen atoms in total. The summed E-state index contributed by atoms with van der Waals surface area (Å²) in [5.41, 5.74) is 0. The van der Waals surface area contributed by atoms with Crippen molar-refractivity contribution in [1.29, 1.82) is 0 Å². The molecule has 0 fully saturated rings. The van der Waals surface area contributed by atoms with Crippen molar-refractivity contribution in [2.24, 2.45) is 0 Å². The second-order valence-corrected chi connectivity index (χ2v) is 3.65. The highest BCUT2D eigenvalue weighted by Crippen LogP contribution is 2.19. The van der Waals surface area contributed by atoms with E-state index >= 15 is 0 Å². The number of hydrogen-bond donors (Lipinski definition) is 1. The zero-order chi connectivity index (χ0) is 10.6. The van der Waals surface area contributed by atoms with E-state index in [1.165, 1.54) is 0 Å². The number of likely N-dealkylation sites (N-methyl/N-ethyl adjacent to an activating group) is 1. The third-order valence-electron chi connectivity index (χ3n) is 2.19. The van der Waals surface area contributed by atoms with Crippen molar-refractivity contribution in [3.63, 3.8) is 0 Å². The van der Waals surface area contributed by atoms with Crippen LogP contribution in [0.3, 0.4) is 0 Å². The molecule has 4 heteroatoms. The van der Waals surface area contributed by atoms with Crippen LogP contribution in [0, 0.1) is 0 Å². The van der Waals surface area contributed by atoms with Crippen LogP contribution in [0.2, 0.25) is 0 Å². The molecule has 0 radical (unpaired) electrons. The molecule has 1 unspecified atom stereocenters. The Bertz CT molecular complexity index is 271. The van der Waals surface area contributed by atoms with Gasteiger partial charge in [0, 0.05) is 13.1 Å². The van der Waals surface area contributed by atoms with Crippen molar-refractivity contribution < 1.29 is 4.79 Å². The number of alkyl halides is 1. The summed E-state index contributed by atoms with van der Waals surface area (Å²) in [4.78, 5) is 12.5. The SMILES string of the molecule is CCN(CC)C(=O)C1(Cl)C=CC=CN1. The largest absolute Gasteiger partial charge is 0.362 e. The number of rotatable bonds is 3. The van der Waals surface area contributed by atoms with E-state index in [9.17, 15) is 4.79 Å². The van der Waals surface area contributed by atoms with Crippen LogP contribution >= 0.6 is 11.6 Å². The lowest BCUT2D eigenvalue weighted by atomic mass is 10.2. The summed E-state index contributed by atoms with van der Waals surface area (Å²) < 4.78 is 0. The number of nitrogens with zero attached hydrogens (tertiary/aromatic N) is 1. The Labute approximate surface area is 89.4 Å². The summed E-state index contributed by atoms with van der Waals surface area (Å²) in [5, 5.41) is 2.85. The lowest BCUT2D eigenvalue weighted by Crippen LogP contribution is -2.51. The van der Waals surface area contributed by atoms with Gasteiger partial charge in [0.2, 0.25) is 5.00 Å². The number of allylic oxidation sites excluding steroid dienone is 2. The zero-order valence-electron chi connectivity index (χ0n) is 8.46. The number of amides is 1. The molecule has 0 saturated heterocycles. The molecule has 1 amide bonds. The smallest absolute Gasteiger partial charge is 0.268 e. The molecule has 0 aliphatic carbocycles. The minimum absolute atomic E-state index is 0.107. The van der Waals surface area contributed by atoms with Crippen LogP contribution in [0.25, 0.3) is 0 Å². The van der Waals surface area contributed by atoms with Crippen molar-refractivity contribution in [3.05, 3.63) is 24.4 Å². The van der Waals surface area contributed by atoms with E-state index in [2.05, 4.69) is 5.32 Å². The van der Waals surface area contributed by atoms with Crippen LogP contribution in [0.1, 0.15) is 13.8 Å². The fourth-order valence-electron chi connectivity index (χ4n) is 1.34. The van der Waals surface area contributed by atoms with Crippen molar-refractivity contribution >= 4 is 17.5 Å². The average Bonchev–Trinajstić information content (AvgIpc) is 2.20. The molecule has 1 aliphatic rings. The van der Waals surface area contributed by atoms with Crippen molar-refractivity contribution in [2.75, 3.05) is 13.1 Å². The number of nitrogens with one attached hydrogen (secondary N) is 1. The highest BCUT2D eigenvalue weighted by molar-refractivity contribution is 6.36. The van der Waals surface area contributed by atoms with Crippen molar-refractivity contribution in [2.45, 2.75) is 18.8 Å². The first-order valence-electron chi connectivity index (χ1n) is 4.74. The van der Waals surface area contributed by atoms with Gasteiger partial charge in [-0.05, 0) is 32.2 Å². The van der Waals surface area contributed by atoms with Gasteiger partial charge in [0.05, 0.1) is 0 Å². The van der Waals surface area contributed by atoms with Crippen LogP contribution < -0.4 is 5.32 Å². The van der Waals surface area contributed by atoms with Crippen molar-refractivity contribution in [3.8, 4) is 0 Å². The van der Waals surface area contributed by atoms with Gasteiger partial charge >= 0.3 is 0 Å². The quantitative estimate of drug-likeness (QED) is 0.570. The monoisotopic (exact) mass is 214 g/mol. The summed E-state index contributed by atoms with van der Waals surface area (Å²) >= 11 is 6.14. The Hall–Kier alpha value is -0.960. The second-order valence-electron chi connectivity index (χ2n) is 3.05. The van der Waals surface area contributed by atoms with Crippen LogP contribution in [0.15, 0.2) is 24.4 Å². The molecule has 0 aromatic rings. The lowest BCUT2D eigenvalue weighted by Gasteiger charge is -2.30. The first-order chi connectivity index (χ1) is 6.64. The number of halogens is 1. The van der Waals surface area contributed by atoms with E-state index in [4.69, 9.17) is 11.6 Å². The fraction of sp³-hybridized carbons (Fsp3) is 0.500. The van der Waals surface area contributed by atoms with Crippen LogP contribution in [0.5, 0.6) is 0 Å². The van der Waals surface area contributed by atoms with Crippen LogP contribution in [-0.4, -0.2) is 28.9 Å². The molecule has 1 aliphatic heterocycles. The van der Waals surface area contributed by atoms with Gasteiger partial charge in [0.15, 0.2) is 0 Å². The molecule has 0 aromatic carbocycles. The molecular formula is C10H15ClN2O. The van der Waals surface area contributed by atoms with E-state index in [-0.39, 0.29) is 5.91 Å². The molecule has 0 bridgehead atoms. The highest BCUT2D eigenvalue weighted by Gasteiger charge is 2.35. The van der Waals surface area contributed by atoms with E-state index in [0.717, 1.165) is 0 Å². The Kier molecular flexibility index (Phi) is 3.58. The molecule has 0 aromatic heterocycles. The molecule has 1 heterocycles. The van der Waals surface area contributed by atoms with Gasteiger partial charge in [-0.15, -0.1) is 0 Å². The first kappa shape index (κ1) is 11.1. The Balaban J connectivity index is 2.77. The third-order valence-corrected chi connectivity index (χ3v) is 2.59. The van der Waals surface area contributed by atoms with Gasteiger partial charge in [-0.25, -0.2) is 0 Å². The molecule has 0 saturated carbocycles. The van der Waals surface area contributed by atoms with Gasteiger partial charge in [-0.3, -0.25) is 4.79 Å². The van der Waals surface area contributed by atoms with Gasteiger partial charge < -0.3 is 10.2 Å². The van der Waals surface area contributed by atoms with Crippen LogP contribution in [0.4, 0.5) is 0 Å². The lowest BCUT2D eigenvalue weighted by molar-refractivity contribution is -0.133. The van der Waals surface area contributed by atoms with E-state index < -0.39 is 5.00 Å². The molecule has 14 heavy (non-hydrogen) atoms. The van der Waals surface area contributed by atoms with E-state index in [1.54, 1.807) is 29.3 Å². The second kappa shape index (κ2) is 4.51. The minimum atomic E-state index is -1.10. The predicted molar refractivity (Wildman–Crippen MR) is 57.9 cm³/mol. The molecule has 1 rings (SSSR count). The topological polar surface area (TPSA) is 32.3 Å². The standard InChI is InChI=1S/C10H15ClN2O/c1-3-13(4-2)9(14)10(11)7-5-6-8-12-10/h5-8,12H,3-4H2,1-2H3. The summed E-state index contributed by atoms with van der Waals surface area (Å²) in [5.74, 6) is -0.107. The average molecular weight is 215 g/mol. The summed E-state index contributed by atoms with van der Waals surface area (Å²) in [7, 11) is 0. The Morgan fingerprint density at radius 2 is 2.07 bits per heavy atom. The maximum atomic E-state index is 11.9. The van der Waals surface area contributed by atoms with Gasteiger partial charge in [0.1, 0.15) is 0 Å². The molecular weight excluding hydrogens is 200 g/mol. The number of carbonyl (C=O) groups is 1. The number of dihydropyridines is 1. The minimum Gasteiger partial charge on any atom is -0.362 e. The summed E-state index contributed by atoms with van der Waals surface area (Å²) in [6.45, 7) is 5.21. The molecule has 78 valence electrons. The first-order valence-corrected chi connectivity index (χ1v) is 5.12. The maximum absolute atomic E-state index is 11.9. The zero-order valence-corrected chi connectivity index (χ0v) is 9.21. The van der Waals surface area contributed by atoms with Gasteiger partial charge in [-0.1, -0.05) is 17.7 Å². The maximum Gasteiger partial charge on any atom is 0.268 e. The Morgan fingerprint density at radius 1 is 1.43 bits per heavy atom. The van der Waals surface area contributed by atoms with Gasteiger partial charge in [0.25, 0.3) is 5.91 Å². The number of hydrogen-bond acceptors (Lipinski definition) is 2. The molecule has 1 N–H and O–H groups in total. The van der Waals surface area contributed by atoms with E-state index in [0.29, 0.717) is 13.1 Å². The Morgan fingerprint density at radius 3 is 2.50 bits per heavy atom. The predicted octanol–water partition coefficient (Wildman–Crippen LogP) is 1.46. The molecule has 1 atom stereocenters. The molecule has 0 spiro atoms. The van der Waals surface area contributed by atoms with Crippen LogP contribution in [-0.2, 0) is 4.79 Å². The number of carbonyl (C=O) groups excluding carboxylic acids is 1. The summed E-state index contributed by atoms with van der Waals surface area (Å²) in [6, 6.07) is 0. The van der Waals surface area contributed by atoms with Crippen molar-refractivity contribution in [1.82, 2.24) is 10.2 Å². The normalized spacial score (nSPS) is 24.5. The highest BCUT2D eigenvalue weighted by atomic mass is 35.5. The van der Waals surface area contributed by atoms with Gasteiger partial charge in [-0.2, -0.15) is 0 Å². The van der Waals surface area contributed by atoms with E-state index in [1.807, 2.05) is 13.8 Å². The fourth-order valence-corrected chi connectivity index (χ4v) is 1.59. The third kappa shape index (κ3) is 2.10. The summed E-state index contributed by atoms with van der Waals surface area (Å²) in [6.07, 6.45) is 6.91.